The normalized spacial score (nSPS) is 15.6. The summed E-state index contributed by atoms with van der Waals surface area (Å²) in [5.74, 6) is 1.41. The second-order valence-electron chi connectivity index (χ2n) is 6.48. The molecule has 2 N–H and O–H groups in total. The number of anilines is 2. The SMILES string of the molecule is CN(Cc1cc2nc(-c3cnc(N)s3)nc(N3CCOCC3)c2s1)S(C)(=O)=O. The summed E-state index contributed by atoms with van der Waals surface area (Å²) in [6, 6.07) is 1.93. The van der Waals surface area contributed by atoms with Crippen LogP contribution < -0.4 is 10.6 Å². The Balaban J connectivity index is 1.80. The summed E-state index contributed by atoms with van der Waals surface area (Å²) in [5, 5.41) is 0.465. The number of nitrogens with two attached hydrogens (primary N) is 1. The minimum Gasteiger partial charge on any atom is -0.378 e. The Labute approximate surface area is 170 Å². The van der Waals surface area contributed by atoms with Crippen LogP contribution >= 0.6 is 22.7 Å². The van der Waals surface area contributed by atoms with Crippen LogP contribution in [0.2, 0.25) is 0 Å². The molecule has 0 spiro atoms. The molecular weight excluding hydrogens is 420 g/mol. The number of thiophene rings is 1. The van der Waals surface area contributed by atoms with Gasteiger partial charge in [0.1, 0.15) is 0 Å². The lowest BCUT2D eigenvalue weighted by Gasteiger charge is -2.28. The molecule has 0 aromatic carbocycles. The van der Waals surface area contributed by atoms with E-state index in [4.69, 9.17) is 20.4 Å². The van der Waals surface area contributed by atoms with Gasteiger partial charge in [-0.2, -0.15) is 0 Å². The zero-order valence-electron chi connectivity index (χ0n) is 15.5. The third kappa shape index (κ3) is 3.96. The molecule has 4 rings (SSSR count). The Kier molecular flexibility index (Phi) is 5.22. The standard InChI is InChI=1S/C16H20N6O3S3/c1-21(28(2,23)24)9-10-7-11-13(26-10)15(22-3-5-25-6-4-22)20-14(19-11)12-8-18-16(17)27-12/h7-8H,3-6,9H2,1-2H3,(H2,17,18). The summed E-state index contributed by atoms with van der Waals surface area (Å²) in [7, 11) is -1.69. The van der Waals surface area contributed by atoms with Gasteiger partial charge in [0.25, 0.3) is 0 Å². The predicted octanol–water partition coefficient (Wildman–Crippen LogP) is 1.63. The van der Waals surface area contributed by atoms with Gasteiger partial charge < -0.3 is 15.4 Å². The van der Waals surface area contributed by atoms with Crippen molar-refractivity contribution in [1.29, 1.82) is 0 Å². The van der Waals surface area contributed by atoms with Crippen molar-refractivity contribution in [2.24, 2.45) is 0 Å². The van der Waals surface area contributed by atoms with Crippen molar-refractivity contribution in [2.45, 2.75) is 6.54 Å². The Morgan fingerprint density at radius 3 is 2.68 bits per heavy atom. The lowest BCUT2D eigenvalue weighted by Crippen LogP contribution is -2.36. The van der Waals surface area contributed by atoms with Gasteiger partial charge in [0.2, 0.25) is 10.0 Å². The van der Waals surface area contributed by atoms with Crippen LogP contribution in [0.4, 0.5) is 10.9 Å². The fourth-order valence-electron chi connectivity index (χ4n) is 2.87. The number of morpholine rings is 1. The molecule has 0 radical (unpaired) electrons. The molecule has 1 aliphatic rings. The van der Waals surface area contributed by atoms with E-state index in [2.05, 4.69) is 9.88 Å². The third-order valence-corrected chi connectivity index (χ3v) is 7.59. The average Bonchev–Trinajstić information content (AvgIpc) is 3.26. The van der Waals surface area contributed by atoms with E-state index in [1.54, 1.807) is 13.2 Å². The van der Waals surface area contributed by atoms with Crippen molar-refractivity contribution < 1.29 is 13.2 Å². The molecule has 9 nitrogen and oxygen atoms in total. The molecule has 1 saturated heterocycles. The highest BCUT2D eigenvalue weighted by molar-refractivity contribution is 7.88. The Morgan fingerprint density at radius 2 is 2.04 bits per heavy atom. The number of hydrogen-bond acceptors (Lipinski definition) is 10. The zero-order valence-corrected chi connectivity index (χ0v) is 17.9. The van der Waals surface area contributed by atoms with Gasteiger partial charge in [-0.3, -0.25) is 0 Å². The second-order valence-corrected chi connectivity index (χ2v) is 10.8. The first-order valence-electron chi connectivity index (χ1n) is 8.57. The molecule has 0 saturated carbocycles. The topological polar surface area (TPSA) is 115 Å². The lowest BCUT2D eigenvalue weighted by molar-refractivity contribution is 0.122. The molecule has 0 unspecified atom stereocenters. The maximum atomic E-state index is 11.8. The second kappa shape index (κ2) is 7.52. The van der Waals surface area contributed by atoms with Gasteiger partial charge in [-0.1, -0.05) is 11.3 Å². The van der Waals surface area contributed by atoms with Gasteiger partial charge in [-0.05, 0) is 6.07 Å². The highest BCUT2D eigenvalue weighted by Crippen LogP contribution is 2.36. The minimum absolute atomic E-state index is 0.297. The van der Waals surface area contributed by atoms with Crippen LogP contribution in [0.25, 0.3) is 20.9 Å². The summed E-state index contributed by atoms with van der Waals surface area (Å²) in [6.07, 6.45) is 2.88. The van der Waals surface area contributed by atoms with Crippen molar-refractivity contribution in [3.05, 3.63) is 17.1 Å². The molecule has 150 valence electrons. The Hall–Kier alpha value is -1.86. The minimum atomic E-state index is -3.26. The number of ether oxygens (including phenoxy) is 1. The summed E-state index contributed by atoms with van der Waals surface area (Å²) in [5.41, 5.74) is 6.57. The fourth-order valence-corrected chi connectivity index (χ4v) is 5.11. The third-order valence-electron chi connectivity index (χ3n) is 4.40. The summed E-state index contributed by atoms with van der Waals surface area (Å²) in [6.45, 7) is 3.07. The number of aromatic nitrogens is 3. The summed E-state index contributed by atoms with van der Waals surface area (Å²) in [4.78, 5) is 17.5. The molecule has 12 heteroatoms. The number of hydrogen-bond donors (Lipinski definition) is 1. The Bertz CT molecular complexity index is 1100. The first kappa shape index (κ1) is 19.5. The monoisotopic (exact) mass is 440 g/mol. The molecule has 4 heterocycles. The van der Waals surface area contributed by atoms with Crippen LogP contribution in [0.15, 0.2) is 12.3 Å². The maximum absolute atomic E-state index is 11.8. The quantitative estimate of drug-likeness (QED) is 0.637. The maximum Gasteiger partial charge on any atom is 0.211 e. The molecular formula is C16H20N6O3S3. The molecule has 28 heavy (non-hydrogen) atoms. The van der Waals surface area contributed by atoms with Crippen molar-refractivity contribution in [2.75, 3.05) is 50.2 Å². The summed E-state index contributed by atoms with van der Waals surface area (Å²) >= 11 is 2.86. The highest BCUT2D eigenvalue weighted by atomic mass is 32.2. The van der Waals surface area contributed by atoms with E-state index in [1.165, 1.54) is 33.2 Å². The fraction of sp³-hybridized carbons (Fsp3) is 0.438. The zero-order chi connectivity index (χ0) is 19.9. The lowest BCUT2D eigenvalue weighted by atomic mass is 10.3. The number of rotatable bonds is 5. The van der Waals surface area contributed by atoms with E-state index >= 15 is 0 Å². The first-order chi connectivity index (χ1) is 13.3. The first-order valence-corrected chi connectivity index (χ1v) is 12.1. The molecule has 0 aliphatic carbocycles. The largest absolute Gasteiger partial charge is 0.378 e. The molecule has 1 aliphatic heterocycles. The smallest absolute Gasteiger partial charge is 0.211 e. The van der Waals surface area contributed by atoms with Gasteiger partial charge in [0.05, 0.1) is 40.8 Å². The summed E-state index contributed by atoms with van der Waals surface area (Å²) < 4.78 is 31.3. The molecule has 3 aromatic heterocycles. The van der Waals surface area contributed by atoms with Crippen LogP contribution in [-0.2, 0) is 21.3 Å². The Morgan fingerprint density at radius 1 is 1.29 bits per heavy atom. The van der Waals surface area contributed by atoms with Crippen LogP contribution in [0.3, 0.4) is 0 Å². The van der Waals surface area contributed by atoms with E-state index in [1.807, 2.05) is 6.07 Å². The molecule has 1 fully saturated rings. The van der Waals surface area contributed by atoms with Crippen molar-refractivity contribution in [3.8, 4) is 10.7 Å². The highest BCUT2D eigenvalue weighted by Gasteiger charge is 2.22. The predicted molar refractivity (Wildman–Crippen MR) is 112 cm³/mol. The van der Waals surface area contributed by atoms with E-state index in [0.29, 0.717) is 30.7 Å². The molecule has 0 atom stereocenters. The number of nitrogen functional groups attached to an aromatic ring is 1. The van der Waals surface area contributed by atoms with Gasteiger partial charge in [0, 0.05) is 31.6 Å². The number of nitrogens with zero attached hydrogens (tertiary/aromatic N) is 5. The van der Waals surface area contributed by atoms with E-state index in [9.17, 15) is 8.42 Å². The van der Waals surface area contributed by atoms with Crippen molar-refractivity contribution in [3.63, 3.8) is 0 Å². The molecule has 0 bridgehead atoms. The molecule has 0 amide bonds. The number of fused-ring (bicyclic) bond motifs is 1. The van der Waals surface area contributed by atoms with Gasteiger partial charge >= 0.3 is 0 Å². The number of sulfonamides is 1. The van der Waals surface area contributed by atoms with Gasteiger partial charge in [-0.25, -0.2) is 27.7 Å². The van der Waals surface area contributed by atoms with Crippen molar-refractivity contribution in [1.82, 2.24) is 19.3 Å². The molecule has 3 aromatic rings. The van der Waals surface area contributed by atoms with E-state index in [-0.39, 0.29) is 0 Å². The van der Waals surface area contributed by atoms with Crippen molar-refractivity contribution >= 4 is 53.9 Å². The van der Waals surface area contributed by atoms with Gasteiger partial charge in [0.15, 0.2) is 16.8 Å². The number of thiazole rings is 1. The van der Waals surface area contributed by atoms with Crippen LogP contribution in [0.1, 0.15) is 4.88 Å². The van der Waals surface area contributed by atoms with E-state index in [0.717, 1.165) is 38.9 Å². The van der Waals surface area contributed by atoms with Crippen LogP contribution in [0.5, 0.6) is 0 Å². The average molecular weight is 441 g/mol. The van der Waals surface area contributed by atoms with Gasteiger partial charge in [-0.15, -0.1) is 11.3 Å². The van der Waals surface area contributed by atoms with Crippen LogP contribution in [-0.4, -0.2) is 67.3 Å². The van der Waals surface area contributed by atoms with Crippen LogP contribution in [0, 0.1) is 0 Å². The van der Waals surface area contributed by atoms with E-state index < -0.39 is 10.0 Å².